The number of amides is 1. The standard InChI is InChI=1S/C26H26F2N2O2/c27-21-9-5-10-24(14-21)32-17-23-13-18-6-1-2-8-20(18)16-30(23)26(31)15-22(29)12-19-7-3-4-11-25(19)28/h1-11,14,22-23H,12-13,15-17,29H2/t22?,23-/m0/s1. The first-order chi connectivity index (χ1) is 15.5. The second-order valence-corrected chi connectivity index (χ2v) is 8.18. The molecule has 166 valence electrons. The molecule has 2 atom stereocenters. The summed E-state index contributed by atoms with van der Waals surface area (Å²) in [5, 5.41) is 0. The molecule has 0 aliphatic carbocycles. The van der Waals surface area contributed by atoms with Crippen LogP contribution in [-0.2, 0) is 24.2 Å². The highest BCUT2D eigenvalue weighted by atomic mass is 19.1. The Morgan fingerprint density at radius 3 is 2.56 bits per heavy atom. The Balaban J connectivity index is 1.46. The molecule has 3 aromatic rings. The first kappa shape index (κ1) is 22.0. The summed E-state index contributed by atoms with van der Waals surface area (Å²) in [4.78, 5) is 15.0. The first-order valence-electron chi connectivity index (χ1n) is 10.7. The average molecular weight is 437 g/mol. The molecule has 2 N–H and O–H groups in total. The van der Waals surface area contributed by atoms with Crippen molar-refractivity contribution in [3.05, 3.63) is 101 Å². The Morgan fingerprint density at radius 1 is 1.03 bits per heavy atom. The van der Waals surface area contributed by atoms with Crippen molar-refractivity contribution in [3.63, 3.8) is 0 Å². The van der Waals surface area contributed by atoms with Gasteiger partial charge in [0.05, 0.1) is 6.04 Å². The lowest BCUT2D eigenvalue weighted by Gasteiger charge is -2.37. The Kier molecular flexibility index (Phi) is 6.81. The fourth-order valence-electron chi connectivity index (χ4n) is 4.14. The first-order valence-corrected chi connectivity index (χ1v) is 10.7. The molecule has 32 heavy (non-hydrogen) atoms. The van der Waals surface area contributed by atoms with E-state index in [-0.39, 0.29) is 43.0 Å². The van der Waals surface area contributed by atoms with Crippen molar-refractivity contribution in [2.24, 2.45) is 5.73 Å². The van der Waals surface area contributed by atoms with Gasteiger partial charge in [0, 0.05) is 25.1 Å². The highest BCUT2D eigenvalue weighted by Crippen LogP contribution is 2.25. The molecule has 0 saturated carbocycles. The number of hydrogen-bond donors (Lipinski definition) is 1. The SMILES string of the molecule is NC(CC(=O)N1Cc2ccccc2C[C@H]1COc1cccc(F)c1)Cc1ccccc1F. The molecule has 0 radical (unpaired) electrons. The smallest absolute Gasteiger partial charge is 0.224 e. The molecule has 4 rings (SSSR count). The van der Waals surface area contributed by atoms with Gasteiger partial charge in [-0.25, -0.2) is 8.78 Å². The van der Waals surface area contributed by atoms with Crippen molar-refractivity contribution in [3.8, 4) is 5.75 Å². The number of rotatable bonds is 7. The zero-order valence-electron chi connectivity index (χ0n) is 17.7. The minimum Gasteiger partial charge on any atom is -0.491 e. The Morgan fingerprint density at radius 2 is 1.78 bits per heavy atom. The van der Waals surface area contributed by atoms with Crippen LogP contribution >= 0.6 is 0 Å². The van der Waals surface area contributed by atoms with Gasteiger partial charge in [0.15, 0.2) is 0 Å². The molecule has 1 unspecified atom stereocenters. The molecule has 3 aromatic carbocycles. The minimum absolute atomic E-state index is 0.101. The minimum atomic E-state index is -0.499. The van der Waals surface area contributed by atoms with E-state index in [0.717, 1.165) is 5.56 Å². The van der Waals surface area contributed by atoms with Crippen LogP contribution in [0.15, 0.2) is 72.8 Å². The van der Waals surface area contributed by atoms with Crippen molar-refractivity contribution in [2.45, 2.75) is 37.9 Å². The zero-order chi connectivity index (χ0) is 22.5. The molecule has 0 bridgehead atoms. The summed E-state index contributed by atoms with van der Waals surface area (Å²) in [5.74, 6) is -0.365. The van der Waals surface area contributed by atoms with Crippen LogP contribution in [0.25, 0.3) is 0 Å². The maximum absolute atomic E-state index is 14.0. The third-order valence-electron chi connectivity index (χ3n) is 5.79. The van der Waals surface area contributed by atoms with E-state index in [0.29, 0.717) is 24.3 Å². The van der Waals surface area contributed by atoms with Gasteiger partial charge in [-0.15, -0.1) is 0 Å². The van der Waals surface area contributed by atoms with Gasteiger partial charge in [0.2, 0.25) is 5.91 Å². The normalized spacial score (nSPS) is 16.3. The summed E-state index contributed by atoms with van der Waals surface area (Å²) in [5.41, 5.74) is 8.97. The van der Waals surface area contributed by atoms with Crippen LogP contribution in [0.5, 0.6) is 5.75 Å². The number of nitrogens with zero attached hydrogens (tertiary/aromatic N) is 1. The van der Waals surface area contributed by atoms with Crippen LogP contribution in [0.3, 0.4) is 0 Å². The van der Waals surface area contributed by atoms with Gasteiger partial charge >= 0.3 is 0 Å². The van der Waals surface area contributed by atoms with Gasteiger partial charge in [-0.05, 0) is 47.7 Å². The number of hydrogen-bond acceptors (Lipinski definition) is 3. The predicted molar refractivity (Wildman–Crippen MR) is 119 cm³/mol. The van der Waals surface area contributed by atoms with Gasteiger partial charge in [-0.2, -0.15) is 0 Å². The fourth-order valence-corrected chi connectivity index (χ4v) is 4.14. The molecule has 1 aliphatic rings. The van der Waals surface area contributed by atoms with Gasteiger partial charge in [-0.1, -0.05) is 48.5 Å². The quantitative estimate of drug-likeness (QED) is 0.602. The fraction of sp³-hybridized carbons (Fsp3) is 0.269. The monoisotopic (exact) mass is 436 g/mol. The number of nitrogens with two attached hydrogens (primary N) is 1. The maximum atomic E-state index is 14.0. The Bertz CT molecular complexity index is 1090. The molecule has 4 nitrogen and oxygen atoms in total. The Hall–Kier alpha value is -3.25. The predicted octanol–water partition coefficient (Wildman–Crippen LogP) is 4.26. The van der Waals surface area contributed by atoms with Crippen LogP contribution in [0.1, 0.15) is 23.1 Å². The second-order valence-electron chi connectivity index (χ2n) is 8.18. The zero-order valence-corrected chi connectivity index (χ0v) is 17.7. The summed E-state index contributed by atoms with van der Waals surface area (Å²) in [6.07, 6.45) is 1.03. The second kappa shape index (κ2) is 9.92. The summed E-state index contributed by atoms with van der Waals surface area (Å²) >= 11 is 0. The van der Waals surface area contributed by atoms with Gasteiger partial charge in [-0.3, -0.25) is 4.79 Å². The van der Waals surface area contributed by atoms with Crippen molar-refractivity contribution >= 4 is 5.91 Å². The third kappa shape index (κ3) is 5.32. The van der Waals surface area contributed by atoms with Crippen molar-refractivity contribution in [1.29, 1.82) is 0 Å². The van der Waals surface area contributed by atoms with Gasteiger partial charge < -0.3 is 15.4 Å². The highest BCUT2D eigenvalue weighted by molar-refractivity contribution is 5.77. The summed E-state index contributed by atoms with van der Waals surface area (Å²) in [6, 6.07) is 19.7. The molecular weight excluding hydrogens is 410 g/mol. The Labute approximate surface area is 186 Å². The summed E-state index contributed by atoms with van der Waals surface area (Å²) in [6.45, 7) is 0.699. The number of halogens is 2. The number of carbonyl (C=O) groups excluding carboxylic acids is 1. The van der Waals surface area contributed by atoms with E-state index in [1.165, 1.54) is 23.8 Å². The summed E-state index contributed by atoms with van der Waals surface area (Å²) in [7, 11) is 0. The van der Waals surface area contributed by atoms with Crippen LogP contribution in [-0.4, -0.2) is 29.5 Å². The van der Waals surface area contributed by atoms with E-state index in [2.05, 4.69) is 6.07 Å². The lowest BCUT2D eigenvalue weighted by Crippen LogP contribution is -2.48. The van der Waals surface area contributed by atoms with Crippen LogP contribution in [0.4, 0.5) is 8.78 Å². The summed E-state index contributed by atoms with van der Waals surface area (Å²) < 4.78 is 33.3. The molecule has 0 saturated heterocycles. The molecule has 0 fully saturated rings. The van der Waals surface area contributed by atoms with Gasteiger partial charge in [0.1, 0.15) is 24.0 Å². The largest absolute Gasteiger partial charge is 0.491 e. The third-order valence-corrected chi connectivity index (χ3v) is 5.79. The molecule has 0 spiro atoms. The van der Waals surface area contributed by atoms with Crippen LogP contribution in [0.2, 0.25) is 0 Å². The van der Waals surface area contributed by atoms with E-state index in [4.69, 9.17) is 10.5 Å². The topological polar surface area (TPSA) is 55.6 Å². The maximum Gasteiger partial charge on any atom is 0.224 e. The number of ether oxygens (including phenoxy) is 1. The molecule has 6 heteroatoms. The van der Waals surface area contributed by atoms with Gasteiger partial charge in [0.25, 0.3) is 0 Å². The average Bonchev–Trinajstić information content (AvgIpc) is 2.78. The van der Waals surface area contributed by atoms with E-state index in [9.17, 15) is 13.6 Å². The van der Waals surface area contributed by atoms with Crippen molar-refractivity contribution < 1.29 is 18.3 Å². The number of fused-ring (bicyclic) bond motifs is 1. The lowest BCUT2D eigenvalue weighted by atomic mass is 9.93. The van der Waals surface area contributed by atoms with Crippen molar-refractivity contribution in [1.82, 2.24) is 4.90 Å². The van der Waals surface area contributed by atoms with Crippen molar-refractivity contribution in [2.75, 3.05) is 6.61 Å². The van der Waals surface area contributed by atoms with Crippen LogP contribution in [0, 0.1) is 11.6 Å². The number of benzene rings is 3. The molecule has 1 amide bonds. The molecular formula is C26H26F2N2O2. The van der Waals surface area contributed by atoms with Crippen LogP contribution < -0.4 is 10.5 Å². The van der Waals surface area contributed by atoms with E-state index in [1.807, 2.05) is 18.2 Å². The highest BCUT2D eigenvalue weighted by Gasteiger charge is 2.31. The molecule has 1 aliphatic heterocycles. The van der Waals surface area contributed by atoms with E-state index in [1.54, 1.807) is 35.2 Å². The van der Waals surface area contributed by atoms with E-state index >= 15 is 0 Å². The lowest BCUT2D eigenvalue weighted by molar-refractivity contribution is -0.135. The van der Waals surface area contributed by atoms with E-state index < -0.39 is 6.04 Å². The number of carbonyl (C=O) groups is 1. The molecule has 0 aromatic heterocycles. The molecule has 1 heterocycles.